The average molecular weight is 346 g/mol. The van der Waals surface area contributed by atoms with Gasteiger partial charge in [0.15, 0.2) is 5.79 Å². The first-order valence-electron chi connectivity index (χ1n) is 8.85. The van der Waals surface area contributed by atoms with Crippen LogP contribution in [0.25, 0.3) is 0 Å². The van der Waals surface area contributed by atoms with Crippen LogP contribution in [0.2, 0.25) is 0 Å². The number of ether oxygens (including phenoxy) is 2. The van der Waals surface area contributed by atoms with E-state index in [0.29, 0.717) is 31.9 Å². The van der Waals surface area contributed by atoms with Gasteiger partial charge >= 0.3 is 0 Å². The van der Waals surface area contributed by atoms with E-state index in [0.717, 1.165) is 24.1 Å². The lowest BCUT2D eigenvalue weighted by molar-refractivity contribution is -0.153. The molecule has 25 heavy (non-hydrogen) atoms. The van der Waals surface area contributed by atoms with E-state index in [9.17, 15) is 9.59 Å². The van der Waals surface area contributed by atoms with E-state index in [4.69, 9.17) is 9.47 Å². The Labute approximate surface area is 148 Å². The van der Waals surface area contributed by atoms with Gasteiger partial charge in [0.2, 0.25) is 5.91 Å². The SMILES string of the molecule is CC(=O)N1CCc2cc(C(=O)NCC(C)CC3(C)OCCO3)ccc21. The molecule has 0 bridgehead atoms. The monoisotopic (exact) mass is 346 g/mol. The maximum absolute atomic E-state index is 12.4. The van der Waals surface area contributed by atoms with Gasteiger partial charge in [0.1, 0.15) is 0 Å². The number of carbonyl (C=O) groups excluding carboxylic acids is 2. The third-order valence-corrected chi connectivity index (χ3v) is 4.85. The number of amides is 2. The Morgan fingerprint density at radius 2 is 2.04 bits per heavy atom. The highest BCUT2D eigenvalue weighted by molar-refractivity contribution is 5.97. The minimum Gasteiger partial charge on any atom is -0.352 e. The fourth-order valence-corrected chi connectivity index (χ4v) is 3.62. The highest BCUT2D eigenvalue weighted by Gasteiger charge is 2.32. The molecule has 2 aliphatic heterocycles. The summed E-state index contributed by atoms with van der Waals surface area (Å²) in [6, 6.07) is 5.54. The van der Waals surface area contributed by atoms with Crippen LogP contribution >= 0.6 is 0 Å². The number of hydrogen-bond acceptors (Lipinski definition) is 4. The molecule has 1 unspecified atom stereocenters. The van der Waals surface area contributed by atoms with Crippen LogP contribution in [-0.2, 0) is 20.7 Å². The van der Waals surface area contributed by atoms with Gasteiger partial charge in [0.25, 0.3) is 5.91 Å². The van der Waals surface area contributed by atoms with Crippen LogP contribution in [0.3, 0.4) is 0 Å². The molecule has 2 heterocycles. The van der Waals surface area contributed by atoms with Crippen LogP contribution in [0.5, 0.6) is 0 Å². The Hall–Kier alpha value is -1.92. The molecule has 1 saturated heterocycles. The van der Waals surface area contributed by atoms with Gasteiger partial charge in [-0.05, 0) is 43.0 Å². The molecule has 0 radical (unpaired) electrons. The number of rotatable bonds is 5. The molecule has 1 atom stereocenters. The summed E-state index contributed by atoms with van der Waals surface area (Å²) >= 11 is 0. The molecule has 6 nitrogen and oxygen atoms in total. The predicted octanol–water partition coefficient (Wildman–Crippen LogP) is 2.11. The standard InChI is InChI=1S/C19H26N2O4/c1-13(11-19(3)24-8-9-25-19)12-20-18(23)16-4-5-17-15(10-16)6-7-21(17)14(2)22/h4-5,10,13H,6-9,11-12H2,1-3H3,(H,20,23). The first kappa shape index (κ1) is 17.9. The minimum atomic E-state index is -0.534. The molecular formula is C19H26N2O4. The normalized spacial score (nSPS) is 19.6. The molecule has 2 aliphatic rings. The number of benzene rings is 1. The molecule has 136 valence electrons. The lowest BCUT2D eigenvalue weighted by atomic mass is 10.0. The van der Waals surface area contributed by atoms with Crippen molar-refractivity contribution >= 4 is 17.5 Å². The van der Waals surface area contributed by atoms with E-state index in [1.165, 1.54) is 0 Å². The summed E-state index contributed by atoms with van der Waals surface area (Å²) in [5.74, 6) is -0.341. The molecule has 1 fully saturated rings. The van der Waals surface area contributed by atoms with Crippen molar-refractivity contribution in [2.24, 2.45) is 5.92 Å². The smallest absolute Gasteiger partial charge is 0.251 e. The second-order valence-corrected chi connectivity index (χ2v) is 7.11. The molecule has 0 aliphatic carbocycles. The van der Waals surface area contributed by atoms with E-state index in [-0.39, 0.29) is 17.7 Å². The van der Waals surface area contributed by atoms with Crippen molar-refractivity contribution in [2.45, 2.75) is 39.4 Å². The Balaban J connectivity index is 1.56. The van der Waals surface area contributed by atoms with Gasteiger partial charge in [-0.25, -0.2) is 0 Å². The molecule has 0 saturated carbocycles. The van der Waals surface area contributed by atoms with E-state index in [1.54, 1.807) is 17.9 Å². The van der Waals surface area contributed by atoms with Crippen LogP contribution in [0.1, 0.15) is 43.1 Å². The second kappa shape index (κ2) is 7.14. The van der Waals surface area contributed by atoms with Gasteiger partial charge in [0, 0.05) is 37.7 Å². The molecular weight excluding hydrogens is 320 g/mol. The van der Waals surface area contributed by atoms with Gasteiger partial charge in [0.05, 0.1) is 13.2 Å². The summed E-state index contributed by atoms with van der Waals surface area (Å²) in [5, 5.41) is 2.98. The van der Waals surface area contributed by atoms with Crippen molar-refractivity contribution in [3.8, 4) is 0 Å². The molecule has 2 amide bonds. The maximum Gasteiger partial charge on any atom is 0.251 e. The van der Waals surface area contributed by atoms with Crippen LogP contribution in [0.4, 0.5) is 5.69 Å². The third-order valence-electron chi connectivity index (χ3n) is 4.85. The summed E-state index contributed by atoms with van der Waals surface area (Å²) < 4.78 is 11.2. The highest BCUT2D eigenvalue weighted by atomic mass is 16.7. The number of anilines is 1. The van der Waals surface area contributed by atoms with E-state index in [2.05, 4.69) is 12.2 Å². The van der Waals surface area contributed by atoms with Crippen molar-refractivity contribution in [1.82, 2.24) is 5.32 Å². The fourth-order valence-electron chi connectivity index (χ4n) is 3.62. The first-order chi connectivity index (χ1) is 11.9. The van der Waals surface area contributed by atoms with Crippen LogP contribution in [0, 0.1) is 5.92 Å². The summed E-state index contributed by atoms with van der Waals surface area (Å²) in [5.41, 5.74) is 2.60. The first-order valence-corrected chi connectivity index (χ1v) is 8.85. The van der Waals surface area contributed by atoms with Crippen LogP contribution in [-0.4, -0.2) is 43.9 Å². The van der Waals surface area contributed by atoms with Crippen molar-refractivity contribution in [1.29, 1.82) is 0 Å². The zero-order chi connectivity index (χ0) is 18.0. The van der Waals surface area contributed by atoms with Gasteiger partial charge < -0.3 is 19.7 Å². The lowest BCUT2D eigenvalue weighted by Crippen LogP contribution is -2.34. The molecule has 1 aromatic rings. The van der Waals surface area contributed by atoms with Crippen molar-refractivity contribution in [3.63, 3.8) is 0 Å². The third kappa shape index (κ3) is 4.02. The van der Waals surface area contributed by atoms with Crippen LogP contribution in [0.15, 0.2) is 18.2 Å². The number of hydrogen-bond donors (Lipinski definition) is 1. The Kier molecular flexibility index (Phi) is 5.11. The number of nitrogens with one attached hydrogen (secondary N) is 1. The molecule has 0 aromatic heterocycles. The largest absolute Gasteiger partial charge is 0.352 e. The minimum absolute atomic E-state index is 0.0367. The fraction of sp³-hybridized carbons (Fsp3) is 0.579. The maximum atomic E-state index is 12.4. The van der Waals surface area contributed by atoms with E-state index < -0.39 is 5.79 Å². The molecule has 3 rings (SSSR count). The number of fused-ring (bicyclic) bond motifs is 1. The summed E-state index contributed by atoms with van der Waals surface area (Å²) in [6.07, 6.45) is 1.53. The van der Waals surface area contributed by atoms with Gasteiger partial charge in [-0.3, -0.25) is 9.59 Å². The predicted molar refractivity (Wildman–Crippen MR) is 94.6 cm³/mol. The highest BCUT2D eigenvalue weighted by Crippen LogP contribution is 2.29. The average Bonchev–Trinajstić information content (AvgIpc) is 3.18. The molecule has 0 spiro atoms. The van der Waals surface area contributed by atoms with Crippen molar-refractivity contribution in [2.75, 3.05) is 31.2 Å². The summed E-state index contributed by atoms with van der Waals surface area (Å²) in [4.78, 5) is 25.8. The quantitative estimate of drug-likeness (QED) is 0.887. The van der Waals surface area contributed by atoms with Crippen molar-refractivity contribution in [3.05, 3.63) is 29.3 Å². The van der Waals surface area contributed by atoms with Gasteiger partial charge in [-0.2, -0.15) is 0 Å². The number of carbonyl (C=O) groups is 2. The second-order valence-electron chi connectivity index (χ2n) is 7.11. The topological polar surface area (TPSA) is 67.9 Å². The zero-order valence-corrected chi connectivity index (χ0v) is 15.1. The van der Waals surface area contributed by atoms with Gasteiger partial charge in [-0.15, -0.1) is 0 Å². The van der Waals surface area contributed by atoms with Gasteiger partial charge in [-0.1, -0.05) is 6.92 Å². The Morgan fingerprint density at radius 1 is 1.32 bits per heavy atom. The van der Waals surface area contributed by atoms with Crippen molar-refractivity contribution < 1.29 is 19.1 Å². The zero-order valence-electron chi connectivity index (χ0n) is 15.1. The molecule has 1 N–H and O–H groups in total. The van der Waals surface area contributed by atoms with E-state index >= 15 is 0 Å². The summed E-state index contributed by atoms with van der Waals surface area (Å²) in [7, 11) is 0. The van der Waals surface area contributed by atoms with E-state index in [1.807, 2.05) is 19.1 Å². The Bertz CT molecular complexity index is 667. The molecule has 6 heteroatoms. The molecule has 1 aromatic carbocycles. The summed E-state index contributed by atoms with van der Waals surface area (Å²) in [6.45, 7) is 8.09. The van der Waals surface area contributed by atoms with Crippen LogP contribution < -0.4 is 10.2 Å². The Morgan fingerprint density at radius 3 is 2.72 bits per heavy atom. The number of nitrogens with zero attached hydrogens (tertiary/aromatic N) is 1. The lowest BCUT2D eigenvalue weighted by Gasteiger charge is -2.26.